The minimum atomic E-state index is -4.78. The minimum Gasteiger partial charge on any atom is -0.474 e. The highest BCUT2D eigenvalue weighted by atomic mass is 32.2. The maximum absolute atomic E-state index is 14.1. The number of aromatic nitrogens is 3. The highest BCUT2D eigenvalue weighted by Gasteiger charge is 2.50. The van der Waals surface area contributed by atoms with Crippen LogP contribution in [-0.2, 0) is 10.0 Å². The molecule has 4 fully saturated rings. The number of nitrogens with one attached hydrogen (secondary N) is 3. The number of anilines is 2. The minimum absolute atomic E-state index is 0.0270. The lowest BCUT2D eigenvalue weighted by Gasteiger charge is -2.58. The molecule has 4 N–H and O–H groups in total. The Morgan fingerprint density at radius 1 is 1.03 bits per heavy atom. The van der Waals surface area contributed by atoms with E-state index < -0.39 is 37.2 Å². The summed E-state index contributed by atoms with van der Waals surface area (Å²) in [5.74, 6) is -0.257. The topological polar surface area (TPSA) is 208 Å². The molecule has 2 aromatic carbocycles. The van der Waals surface area contributed by atoms with Gasteiger partial charge in [0.05, 0.1) is 34.4 Å². The largest absolute Gasteiger partial charge is 0.474 e. The summed E-state index contributed by atoms with van der Waals surface area (Å²) < 4.78 is 42.2. The number of aliphatic hydroxyl groups is 1. The third-order valence-corrected chi connectivity index (χ3v) is 16.7. The Hall–Kier alpha value is -5.82. The zero-order valence-electron chi connectivity index (χ0n) is 39.1. The number of carbonyl (C=O) groups is 1. The lowest BCUT2D eigenvalue weighted by atomic mass is 9.59. The normalized spacial score (nSPS) is 24.5. The van der Waals surface area contributed by atoms with Crippen LogP contribution in [0.1, 0.15) is 106 Å². The second-order valence-electron chi connectivity index (χ2n) is 20.5. The smallest absolute Gasteiger partial charge is 0.300 e. The number of sulfonamides is 1. The molecule has 0 unspecified atom stereocenters. The van der Waals surface area contributed by atoms with Crippen LogP contribution in [0.4, 0.5) is 17.1 Å². The standard InChI is InChI=1S/C50H61N9O8S/c1-31(2)37-7-5-6-8-38(37)42-29-56(4)21-22-58(42)35-26-50(27-35)16-19-57(20-17-50)34-9-10-39(43(24-34)67-36-23-33-13-18-51-46(33)52-28-36)47(60)55-68(64,65)44-25-41(59(62)63)45-48(54-44)66-30-40(53-45)32-11-14-49(3,61)15-12-32/h5-10,13,18,23-25,28,31-32,35,40,42,53,61H,11-12,14-17,19-22,26-27,29-30H2,1-4H3,(H,51,52)(H,55,60)/t32-,40-,42+,49-/m1/s1. The number of nitro groups is 1. The molecule has 2 aliphatic carbocycles. The molecule has 1 spiro atoms. The van der Waals surface area contributed by atoms with Crippen molar-refractivity contribution in [3.63, 3.8) is 0 Å². The number of hydrogen-bond donors (Lipinski definition) is 4. The number of piperidine rings is 1. The van der Waals surface area contributed by atoms with Gasteiger partial charge < -0.3 is 34.7 Å². The van der Waals surface area contributed by atoms with Crippen LogP contribution in [0.5, 0.6) is 17.4 Å². The third-order valence-electron chi connectivity index (χ3n) is 15.5. The number of pyridine rings is 2. The number of likely N-dealkylation sites (N-methyl/N-ethyl adjacent to an activating group) is 1. The van der Waals surface area contributed by atoms with E-state index >= 15 is 0 Å². The highest BCUT2D eigenvalue weighted by molar-refractivity contribution is 7.90. The van der Waals surface area contributed by atoms with Crippen molar-refractivity contribution in [2.75, 3.05) is 56.6 Å². The van der Waals surface area contributed by atoms with Crippen LogP contribution in [0.15, 0.2) is 78.1 Å². The second-order valence-corrected chi connectivity index (χ2v) is 22.1. The molecule has 18 heteroatoms. The van der Waals surface area contributed by atoms with Gasteiger partial charge in [-0.05, 0) is 118 Å². The number of aromatic amines is 1. The molecule has 0 radical (unpaired) electrons. The summed E-state index contributed by atoms with van der Waals surface area (Å²) in [7, 11) is -2.55. The Bertz CT molecular complexity index is 2830. The Morgan fingerprint density at radius 2 is 1.79 bits per heavy atom. The number of piperazine rings is 1. The first-order valence-electron chi connectivity index (χ1n) is 24.0. The molecule has 17 nitrogen and oxygen atoms in total. The average Bonchev–Trinajstić information content (AvgIpc) is 3.78. The lowest BCUT2D eigenvalue weighted by Crippen LogP contribution is -2.59. The van der Waals surface area contributed by atoms with E-state index in [1.54, 1.807) is 37.4 Å². The number of amides is 1. The summed E-state index contributed by atoms with van der Waals surface area (Å²) >= 11 is 0. The first-order valence-corrected chi connectivity index (χ1v) is 25.4. The van der Waals surface area contributed by atoms with Gasteiger partial charge in [-0.2, -0.15) is 13.4 Å². The lowest BCUT2D eigenvalue weighted by molar-refractivity contribution is -0.384. The zero-order valence-corrected chi connectivity index (χ0v) is 39.9. The SMILES string of the molecule is CC(C)c1ccccc1[C@@H]1CN(C)CCN1C1CC2(CCN(c3ccc(C(=O)NS(=O)(=O)c4cc([N+](=O)[O-])c5c(n4)OC[C@H]([C@H]4CC[C@](C)(O)CC4)N5)c(Oc4cnc5[nH]ccc5c4)c3)CC2)C1. The van der Waals surface area contributed by atoms with Gasteiger partial charge in [0.25, 0.3) is 15.9 Å². The molecule has 10 rings (SSSR count). The number of benzene rings is 2. The molecule has 2 atom stereocenters. The molecule has 6 heterocycles. The van der Waals surface area contributed by atoms with E-state index in [9.17, 15) is 28.4 Å². The van der Waals surface area contributed by atoms with Crippen molar-refractivity contribution >= 4 is 44.0 Å². The third kappa shape index (κ3) is 9.10. The molecule has 3 aliphatic heterocycles. The van der Waals surface area contributed by atoms with Gasteiger partial charge in [-0.1, -0.05) is 38.1 Å². The van der Waals surface area contributed by atoms with Crippen LogP contribution in [0.3, 0.4) is 0 Å². The van der Waals surface area contributed by atoms with Crippen LogP contribution in [0.2, 0.25) is 0 Å². The fourth-order valence-electron chi connectivity index (χ4n) is 11.4. The maximum atomic E-state index is 14.1. The van der Waals surface area contributed by atoms with Gasteiger partial charge in [-0.15, -0.1) is 0 Å². The van der Waals surface area contributed by atoms with Crippen molar-refractivity contribution in [3.8, 4) is 17.4 Å². The molecule has 3 aromatic heterocycles. The van der Waals surface area contributed by atoms with Gasteiger partial charge >= 0.3 is 5.69 Å². The molecule has 360 valence electrons. The Kier molecular flexibility index (Phi) is 12.1. The van der Waals surface area contributed by atoms with E-state index in [0.717, 1.165) is 62.7 Å². The molecule has 0 bridgehead atoms. The van der Waals surface area contributed by atoms with Crippen LogP contribution in [0.25, 0.3) is 11.0 Å². The fraction of sp³-hybridized carbons (Fsp3) is 0.500. The van der Waals surface area contributed by atoms with Crippen LogP contribution in [-0.4, -0.2) is 113 Å². The van der Waals surface area contributed by atoms with E-state index in [2.05, 4.69) is 84.9 Å². The summed E-state index contributed by atoms with van der Waals surface area (Å²) in [6.07, 6.45) is 10.2. The first-order chi connectivity index (χ1) is 32.5. The number of carbonyl (C=O) groups excluding carboxylic acids is 1. The van der Waals surface area contributed by atoms with Crippen LogP contribution in [0, 0.1) is 21.4 Å². The molecular formula is C50H61N9O8S. The Morgan fingerprint density at radius 3 is 2.54 bits per heavy atom. The second kappa shape index (κ2) is 17.9. The zero-order chi connectivity index (χ0) is 47.5. The van der Waals surface area contributed by atoms with E-state index in [-0.39, 0.29) is 46.9 Å². The summed E-state index contributed by atoms with van der Waals surface area (Å²) in [5.41, 5.74) is 3.23. The molecule has 5 aliphatic rings. The van der Waals surface area contributed by atoms with E-state index in [4.69, 9.17) is 9.47 Å². The van der Waals surface area contributed by atoms with Crippen molar-refractivity contribution in [1.82, 2.24) is 29.5 Å². The Labute approximate surface area is 396 Å². The highest BCUT2D eigenvalue weighted by Crippen LogP contribution is 2.53. The van der Waals surface area contributed by atoms with Crippen molar-refractivity contribution in [2.24, 2.45) is 11.3 Å². The van der Waals surface area contributed by atoms with Crippen LogP contribution >= 0.6 is 0 Å². The molecule has 1 amide bonds. The monoisotopic (exact) mass is 947 g/mol. The number of hydrogen-bond acceptors (Lipinski definition) is 14. The van der Waals surface area contributed by atoms with Gasteiger partial charge in [-0.3, -0.25) is 19.8 Å². The molecule has 5 aromatic rings. The van der Waals surface area contributed by atoms with Crippen LogP contribution < -0.4 is 24.4 Å². The number of fused-ring (bicyclic) bond motifs is 2. The molecular weight excluding hydrogens is 887 g/mol. The first kappa shape index (κ1) is 45.9. The van der Waals surface area contributed by atoms with Gasteiger partial charge in [-0.25, -0.2) is 9.71 Å². The van der Waals surface area contributed by atoms with E-state index in [1.165, 1.54) is 30.2 Å². The number of nitrogens with zero attached hydrogens (tertiary/aromatic N) is 6. The number of H-pyrrole nitrogens is 1. The summed E-state index contributed by atoms with van der Waals surface area (Å²) in [5, 5.41) is 26.0. The van der Waals surface area contributed by atoms with Gasteiger partial charge in [0.2, 0.25) is 5.88 Å². The predicted molar refractivity (Wildman–Crippen MR) is 258 cm³/mol. The molecule has 68 heavy (non-hydrogen) atoms. The Balaban J connectivity index is 0.857. The summed E-state index contributed by atoms with van der Waals surface area (Å²) in [6.45, 7) is 11.2. The summed E-state index contributed by atoms with van der Waals surface area (Å²) in [6, 6.07) is 19.1. The molecule has 2 saturated carbocycles. The fourth-order valence-corrected chi connectivity index (χ4v) is 12.4. The summed E-state index contributed by atoms with van der Waals surface area (Å²) in [4.78, 5) is 45.0. The number of ether oxygens (including phenoxy) is 2. The van der Waals surface area contributed by atoms with E-state index in [0.29, 0.717) is 55.1 Å². The average molecular weight is 948 g/mol. The van der Waals surface area contributed by atoms with Crippen molar-refractivity contribution in [2.45, 2.75) is 107 Å². The maximum Gasteiger partial charge on any atom is 0.300 e. The van der Waals surface area contributed by atoms with Gasteiger partial charge in [0, 0.05) is 68.1 Å². The van der Waals surface area contributed by atoms with Crippen molar-refractivity contribution in [3.05, 3.63) is 99.9 Å². The van der Waals surface area contributed by atoms with Gasteiger partial charge in [0.15, 0.2) is 10.7 Å². The van der Waals surface area contributed by atoms with E-state index in [1.807, 2.05) is 6.07 Å². The molecule has 2 saturated heterocycles. The van der Waals surface area contributed by atoms with Gasteiger partial charge in [0.1, 0.15) is 23.8 Å². The quantitative estimate of drug-likeness (QED) is 0.0738. The van der Waals surface area contributed by atoms with Crippen molar-refractivity contribution in [1.29, 1.82) is 0 Å². The van der Waals surface area contributed by atoms with Crippen molar-refractivity contribution < 1.29 is 32.7 Å². The predicted octanol–water partition coefficient (Wildman–Crippen LogP) is 7.75. The number of rotatable bonds is 11.